The Morgan fingerprint density at radius 2 is 2.12 bits per heavy atom. The lowest BCUT2D eigenvalue weighted by Crippen LogP contribution is -2.36. The van der Waals surface area contributed by atoms with Gasteiger partial charge in [-0.25, -0.2) is 0 Å². The molecule has 1 aliphatic carbocycles. The average Bonchev–Trinajstić information content (AvgIpc) is 2.35. The highest BCUT2D eigenvalue weighted by molar-refractivity contribution is 4.88. The fourth-order valence-corrected chi connectivity index (χ4v) is 2.12. The summed E-state index contributed by atoms with van der Waals surface area (Å²) in [6.45, 7) is 3.00. The molecular formula is C14H25NO2. The maximum absolute atomic E-state index is 9.76. The Bertz CT molecular complexity index is 231. The molecule has 0 saturated heterocycles. The van der Waals surface area contributed by atoms with E-state index < -0.39 is 6.10 Å². The van der Waals surface area contributed by atoms with Crippen LogP contribution in [0.2, 0.25) is 0 Å². The number of hydrogen-bond acceptors (Lipinski definition) is 3. The molecule has 3 heteroatoms. The summed E-state index contributed by atoms with van der Waals surface area (Å²) in [6.07, 6.45) is 12.0. The van der Waals surface area contributed by atoms with E-state index in [9.17, 15) is 5.11 Å². The molecule has 2 atom stereocenters. The average molecular weight is 239 g/mol. The van der Waals surface area contributed by atoms with Crippen LogP contribution in [-0.2, 0) is 4.74 Å². The summed E-state index contributed by atoms with van der Waals surface area (Å²) in [6, 6.07) is 0.254. The third-order valence-electron chi connectivity index (χ3n) is 3.20. The van der Waals surface area contributed by atoms with E-state index in [1.807, 2.05) is 6.92 Å². The number of nitrogens with one attached hydrogen (secondary N) is 1. The van der Waals surface area contributed by atoms with Crippen LogP contribution in [0.25, 0.3) is 0 Å². The molecule has 3 nitrogen and oxygen atoms in total. The molecule has 1 saturated carbocycles. The van der Waals surface area contributed by atoms with E-state index in [0.717, 1.165) is 12.8 Å². The Morgan fingerprint density at radius 3 is 2.76 bits per heavy atom. The summed E-state index contributed by atoms with van der Waals surface area (Å²) >= 11 is 0. The predicted molar refractivity (Wildman–Crippen MR) is 69.7 cm³/mol. The van der Waals surface area contributed by atoms with Crippen molar-refractivity contribution in [3.05, 3.63) is 0 Å². The van der Waals surface area contributed by atoms with Crippen molar-refractivity contribution in [1.82, 2.24) is 5.32 Å². The van der Waals surface area contributed by atoms with E-state index in [0.29, 0.717) is 25.7 Å². The highest BCUT2D eigenvalue weighted by Gasteiger charge is 2.15. The van der Waals surface area contributed by atoms with Crippen LogP contribution < -0.4 is 5.32 Å². The van der Waals surface area contributed by atoms with Crippen molar-refractivity contribution in [1.29, 1.82) is 0 Å². The molecule has 0 spiro atoms. The minimum Gasteiger partial charge on any atom is -0.389 e. The molecule has 1 fully saturated rings. The summed E-state index contributed by atoms with van der Waals surface area (Å²) < 4.78 is 5.71. The zero-order valence-electron chi connectivity index (χ0n) is 10.8. The third-order valence-corrected chi connectivity index (χ3v) is 3.20. The van der Waals surface area contributed by atoms with Gasteiger partial charge in [0, 0.05) is 19.0 Å². The lowest BCUT2D eigenvalue weighted by Gasteiger charge is -2.24. The van der Waals surface area contributed by atoms with Crippen LogP contribution in [0.15, 0.2) is 0 Å². The van der Waals surface area contributed by atoms with E-state index in [4.69, 9.17) is 11.2 Å². The molecule has 2 N–H and O–H groups in total. The fourth-order valence-electron chi connectivity index (χ4n) is 2.12. The van der Waals surface area contributed by atoms with Gasteiger partial charge in [0.25, 0.3) is 0 Å². The molecule has 0 amide bonds. The largest absolute Gasteiger partial charge is 0.389 e. The van der Waals surface area contributed by atoms with Gasteiger partial charge in [0.2, 0.25) is 0 Å². The molecule has 0 aliphatic heterocycles. The van der Waals surface area contributed by atoms with Crippen LogP contribution in [0.5, 0.6) is 0 Å². The number of aliphatic hydroxyl groups is 1. The second-order valence-corrected chi connectivity index (χ2v) is 4.96. The van der Waals surface area contributed by atoms with Crippen molar-refractivity contribution in [2.75, 3.05) is 13.2 Å². The molecule has 0 aromatic rings. The maximum atomic E-state index is 9.76. The van der Waals surface area contributed by atoms with Gasteiger partial charge in [0.05, 0.1) is 18.8 Å². The van der Waals surface area contributed by atoms with Gasteiger partial charge in [0.1, 0.15) is 0 Å². The van der Waals surface area contributed by atoms with Crippen molar-refractivity contribution < 1.29 is 9.84 Å². The first-order valence-electron chi connectivity index (χ1n) is 6.69. The van der Waals surface area contributed by atoms with Gasteiger partial charge in [-0.2, -0.15) is 0 Å². The van der Waals surface area contributed by atoms with Crippen molar-refractivity contribution >= 4 is 0 Å². The van der Waals surface area contributed by atoms with E-state index >= 15 is 0 Å². The van der Waals surface area contributed by atoms with Crippen molar-refractivity contribution in [3.8, 4) is 12.3 Å². The lowest BCUT2D eigenvalue weighted by atomic mass is 9.98. The summed E-state index contributed by atoms with van der Waals surface area (Å²) in [4.78, 5) is 0. The van der Waals surface area contributed by atoms with Crippen LogP contribution >= 0.6 is 0 Å². The number of ether oxygens (including phenoxy) is 1. The second kappa shape index (κ2) is 8.52. The van der Waals surface area contributed by atoms with E-state index in [-0.39, 0.29) is 6.04 Å². The summed E-state index contributed by atoms with van der Waals surface area (Å²) in [5, 5.41) is 13.0. The number of aliphatic hydroxyl groups excluding tert-OH is 1. The topological polar surface area (TPSA) is 41.5 Å². The summed E-state index contributed by atoms with van der Waals surface area (Å²) in [5.41, 5.74) is 0. The number of rotatable bonds is 7. The zero-order chi connectivity index (χ0) is 12.5. The van der Waals surface area contributed by atoms with Crippen LogP contribution in [-0.4, -0.2) is 36.5 Å². The molecule has 0 aromatic carbocycles. The normalized spacial score (nSPS) is 20.8. The standard InChI is InChI=1S/C14H25NO2/c1-3-7-12(2)15-10-13(16)11-17-14-8-5-4-6-9-14/h1,12-16H,4-11H2,2H3. The minimum absolute atomic E-state index is 0.254. The third kappa shape index (κ3) is 6.68. The highest BCUT2D eigenvalue weighted by Crippen LogP contribution is 2.20. The minimum atomic E-state index is -0.433. The van der Waals surface area contributed by atoms with Gasteiger partial charge in [-0.1, -0.05) is 19.3 Å². The number of terminal acetylenes is 1. The lowest BCUT2D eigenvalue weighted by molar-refractivity contribution is -0.0234. The molecule has 98 valence electrons. The Labute approximate surface area is 105 Å². The van der Waals surface area contributed by atoms with Gasteiger partial charge in [0.15, 0.2) is 0 Å². The second-order valence-electron chi connectivity index (χ2n) is 4.96. The Balaban J connectivity index is 2.04. The van der Waals surface area contributed by atoms with Crippen molar-refractivity contribution in [3.63, 3.8) is 0 Å². The maximum Gasteiger partial charge on any atom is 0.0897 e. The van der Waals surface area contributed by atoms with Crippen LogP contribution in [0.3, 0.4) is 0 Å². The highest BCUT2D eigenvalue weighted by atomic mass is 16.5. The van der Waals surface area contributed by atoms with Gasteiger partial charge in [-0.15, -0.1) is 12.3 Å². The monoisotopic (exact) mass is 239 g/mol. The fraction of sp³-hybridized carbons (Fsp3) is 0.857. The first-order valence-corrected chi connectivity index (χ1v) is 6.69. The molecule has 17 heavy (non-hydrogen) atoms. The molecule has 1 aliphatic rings. The first kappa shape index (κ1) is 14.5. The predicted octanol–water partition coefficient (Wildman–Crippen LogP) is 1.70. The quantitative estimate of drug-likeness (QED) is 0.664. The summed E-state index contributed by atoms with van der Waals surface area (Å²) in [5.74, 6) is 2.60. The van der Waals surface area contributed by atoms with E-state index in [1.54, 1.807) is 0 Å². The van der Waals surface area contributed by atoms with Crippen LogP contribution in [0.1, 0.15) is 45.4 Å². The van der Waals surface area contributed by atoms with Crippen LogP contribution in [0, 0.1) is 12.3 Å². The SMILES string of the molecule is C#CCC(C)NCC(O)COC1CCCCC1. The first-order chi connectivity index (χ1) is 8.22. The summed E-state index contributed by atoms with van der Waals surface area (Å²) in [7, 11) is 0. The molecule has 0 aromatic heterocycles. The molecular weight excluding hydrogens is 214 g/mol. The number of hydrogen-bond donors (Lipinski definition) is 2. The molecule has 0 radical (unpaired) electrons. The van der Waals surface area contributed by atoms with Gasteiger partial charge < -0.3 is 15.2 Å². The molecule has 1 rings (SSSR count). The van der Waals surface area contributed by atoms with Gasteiger partial charge >= 0.3 is 0 Å². The van der Waals surface area contributed by atoms with Gasteiger partial charge in [-0.3, -0.25) is 0 Å². The molecule has 2 unspecified atom stereocenters. The zero-order valence-corrected chi connectivity index (χ0v) is 10.8. The van der Waals surface area contributed by atoms with Gasteiger partial charge in [-0.05, 0) is 19.8 Å². The smallest absolute Gasteiger partial charge is 0.0897 e. The molecule has 0 bridgehead atoms. The van der Waals surface area contributed by atoms with Crippen LogP contribution in [0.4, 0.5) is 0 Å². The van der Waals surface area contributed by atoms with Crippen molar-refractivity contribution in [2.24, 2.45) is 0 Å². The molecule has 0 heterocycles. The van der Waals surface area contributed by atoms with Crippen molar-refractivity contribution in [2.45, 2.75) is 63.7 Å². The van der Waals surface area contributed by atoms with E-state index in [1.165, 1.54) is 19.3 Å². The Hall–Kier alpha value is -0.560. The van der Waals surface area contributed by atoms with E-state index in [2.05, 4.69) is 11.2 Å². The Morgan fingerprint density at radius 1 is 1.41 bits per heavy atom. The Kier molecular flexibility index (Phi) is 7.27.